The van der Waals surface area contributed by atoms with E-state index in [1.165, 1.54) is 30.5 Å². The highest BCUT2D eigenvalue weighted by molar-refractivity contribution is 6.32. The van der Waals surface area contributed by atoms with E-state index in [4.69, 9.17) is 21.1 Å². The number of halogens is 2. The van der Waals surface area contributed by atoms with Crippen LogP contribution < -0.4 is 14.8 Å². The Balaban J connectivity index is 1.63. The van der Waals surface area contributed by atoms with Gasteiger partial charge in [0.1, 0.15) is 36.1 Å². The average molecular weight is 446 g/mol. The Labute approximate surface area is 183 Å². The van der Waals surface area contributed by atoms with E-state index in [9.17, 15) is 14.3 Å². The molecule has 31 heavy (non-hydrogen) atoms. The molecule has 1 aromatic heterocycles. The lowest BCUT2D eigenvalue weighted by molar-refractivity contribution is 0.0692. The van der Waals surface area contributed by atoms with Crippen LogP contribution in [0.15, 0.2) is 42.6 Å². The molecule has 0 fully saturated rings. The molecule has 0 bridgehead atoms. The highest BCUT2D eigenvalue weighted by atomic mass is 35.5. The minimum absolute atomic E-state index is 0.0458. The lowest BCUT2D eigenvalue weighted by Gasteiger charge is -2.12. The van der Waals surface area contributed by atoms with E-state index >= 15 is 0 Å². The fourth-order valence-electron chi connectivity index (χ4n) is 2.79. The lowest BCUT2D eigenvalue weighted by Crippen LogP contribution is -2.16. The predicted molar refractivity (Wildman–Crippen MR) is 115 cm³/mol. The second-order valence-electron chi connectivity index (χ2n) is 6.75. The molecule has 162 valence electrons. The number of ether oxygens (including phenoxy) is 2. The molecule has 1 heterocycles. The van der Waals surface area contributed by atoms with E-state index in [1.807, 2.05) is 13.8 Å². The van der Waals surface area contributed by atoms with Gasteiger partial charge in [-0.25, -0.2) is 19.2 Å². The number of carbonyl (C=O) groups is 1. The third kappa shape index (κ3) is 6.05. The van der Waals surface area contributed by atoms with Crippen molar-refractivity contribution in [3.8, 4) is 11.5 Å². The molecule has 0 radical (unpaired) electrons. The minimum Gasteiger partial charge on any atom is -0.492 e. The first kappa shape index (κ1) is 22.3. The topological polar surface area (TPSA) is 93.6 Å². The first-order valence-electron chi connectivity index (χ1n) is 9.44. The quantitative estimate of drug-likeness (QED) is 0.463. The monoisotopic (exact) mass is 445 g/mol. The summed E-state index contributed by atoms with van der Waals surface area (Å²) in [5.41, 5.74) is 1.91. The van der Waals surface area contributed by atoms with Crippen LogP contribution in [0.3, 0.4) is 0 Å². The van der Waals surface area contributed by atoms with E-state index in [2.05, 4.69) is 15.3 Å². The third-order valence-electron chi connectivity index (χ3n) is 4.35. The number of carboxylic acid groups (broad SMARTS) is 1. The van der Waals surface area contributed by atoms with E-state index in [1.54, 1.807) is 12.1 Å². The molecule has 0 aliphatic heterocycles. The molecule has 2 N–H and O–H groups in total. The molecular formula is C22H21ClFN3O4. The first-order chi connectivity index (χ1) is 14.8. The number of benzene rings is 2. The molecule has 0 aliphatic rings. The predicted octanol–water partition coefficient (Wildman–Crippen LogP) is 4.65. The number of aryl methyl sites for hydroxylation is 2. The van der Waals surface area contributed by atoms with Gasteiger partial charge in [-0.3, -0.25) is 0 Å². The van der Waals surface area contributed by atoms with Crippen molar-refractivity contribution in [1.29, 1.82) is 0 Å². The highest BCUT2D eigenvalue weighted by Gasteiger charge is 2.15. The number of rotatable bonds is 9. The summed E-state index contributed by atoms with van der Waals surface area (Å²) in [5.74, 6) is -0.136. The number of carboxylic acids is 1. The van der Waals surface area contributed by atoms with Crippen molar-refractivity contribution in [1.82, 2.24) is 9.97 Å². The Bertz CT molecular complexity index is 1050. The van der Waals surface area contributed by atoms with Crippen LogP contribution >= 0.6 is 11.6 Å². The number of nitrogens with zero attached hydrogens (tertiary/aromatic N) is 2. The second kappa shape index (κ2) is 10.1. The van der Waals surface area contributed by atoms with Gasteiger partial charge in [-0.2, -0.15) is 0 Å². The van der Waals surface area contributed by atoms with Crippen molar-refractivity contribution in [3.05, 3.63) is 75.8 Å². The SMILES string of the molecule is Cc1cc(OCc2nc(NCCOc3ccc(F)cc3)ncc2C(=O)O)cc(C)c1Cl. The summed E-state index contributed by atoms with van der Waals surface area (Å²) in [7, 11) is 0. The molecule has 0 amide bonds. The van der Waals surface area contributed by atoms with Gasteiger partial charge in [0.15, 0.2) is 0 Å². The molecule has 0 spiro atoms. The van der Waals surface area contributed by atoms with Crippen molar-refractivity contribution in [2.75, 3.05) is 18.5 Å². The number of hydrogen-bond acceptors (Lipinski definition) is 6. The highest BCUT2D eigenvalue weighted by Crippen LogP contribution is 2.26. The van der Waals surface area contributed by atoms with E-state index in [0.29, 0.717) is 23.1 Å². The van der Waals surface area contributed by atoms with Gasteiger partial charge in [0.25, 0.3) is 0 Å². The maximum Gasteiger partial charge on any atom is 0.339 e. The van der Waals surface area contributed by atoms with Gasteiger partial charge < -0.3 is 19.9 Å². The zero-order valence-electron chi connectivity index (χ0n) is 17.0. The largest absolute Gasteiger partial charge is 0.492 e. The third-order valence-corrected chi connectivity index (χ3v) is 4.95. The normalized spacial score (nSPS) is 10.6. The van der Waals surface area contributed by atoms with Gasteiger partial charge in [0.05, 0.1) is 12.2 Å². The molecule has 3 rings (SSSR count). The van der Waals surface area contributed by atoms with Crippen LogP contribution in [0, 0.1) is 19.7 Å². The second-order valence-corrected chi connectivity index (χ2v) is 7.13. The van der Waals surface area contributed by atoms with Gasteiger partial charge in [-0.05, 0) is 61.4 Å². The van der Waals surface area contributed by atoms with E-state index in [-0.39, 0.29) is 36.2 Å². The Morgan fingerprint density at radius 1 is 1.13 bits per heavy atom. The molecule has 7 nitrogen and oxygen atoms in total. The van der Waals surface area contributed by atoms with Crippen LogP contribution in [-0.2, 0) is 6.61 Å². The van der Waals surface area contributed by atoms with Gasteiger partial charge in [0.2, 0.25) is 5.95 Å². The standard InChI is InChI=1S/C22H21ClFN3O4/c1-13-9-17(10-14(2)20(13)23)31-12-19-18(21(28)29)11-26-22(27-19)25-7-8-30-16-5-3-15(24)4-6-16/h3-6,9-11H,7-8,12H2,1-2H3,(H,28,29)(H,25,26,27). The molecule has 3 aromatic rings. The minimum atomic E-state index is -1.15. The molecule has 0 saturated heterocycles. The molecule has 9 heteroatoms. The molecule has 0 aliphatic carbocycles. The Morgan fingerprint density at radius 2 is 1.81 bits per heavy atom. The zero-order valence-corrected chi connectivity index (χ0v) is 17.7. The number of aromatic nitrogens is 2. The van der Waals surface area contributed by atoms with Crippen LogP contribution in [0.25, 0.3) is 0 Å². The number of anilines is 1. The van der Waals surface area contributed by atoms with Gasteiger partial charge >= 0.3 is 5.97 Å². The van der Waals surface area contributed by atoms with Gasteiger partial charge in [-0.15, -0.1) is 0 Å². The average Bonchev–Trinajstić information content (AvgIpc) is 2.74. The lowest BCUT2D eigenvalue weighted by atomic mass is 10.1. The van der Waals surface area contributed by atoms with Crippen molar-refractivity contribution in [3.63, 3.8) is 0 Å². The summed E-state index contributed by atoms with van der Waals surface area (Å²) in [6.07, 6.45) is 1.23. The summed E-state index contributed by atoms with van der Waals surface area (Å²) in [5, 5.41) is 13.0. The maximum atomic E-state index is 12.9. The van der Waals surface area contributed by atoms with E-state index < -0.39 is 5.97 Å². The van der Waals surface area contributed by atoms with Gasteiger partial charge in [-0.1, -0.05) is 11.6 Å². The summed E-state index contributed by atoms with van der Waals surface area (Å²) >= 11 is 6.17. The summed E-state index contributed by atoms with van der Waals surface area (Å²) in [6, 6.07) is 9.25. The van der Waals surface area contributed by atoms with Crippen molar-refractivity contribution >= 4 is 23.5 Å². The fraction of sp³-hybridized carbons (Fsp3) is 0.227. The molecular weight excluding hydrogens is 425 g/mol. The van der Waals surface area contributed by atoms with Crippen LogP contribution in [0.1, 0.15) is 27.2 Å². The van der Waals surface area contributed by atoms with Crippen molar-refractivity contribution in [2.45, 2.75) is 20.5 Å². The summed E-state index contributed by atoms with van der Waals surface area (Å²) in [4.78, 5) is 19.8. The number of hydrogen-bond donors (Lipinski definition) is 2. The summed E-state index contributed by atoms with van der Waals surface area (Å²) in [6.45, 7) is 4.33. The Hall–Kier alpha value is -3.39. The fourth-order valence-corrected chi connectivity index (χ4v) is 2.90. The van der Waals surface area contributed by atoms with Crippen molar-refractivity contribution < 1.29 is 23.8 Å². The molecule has 0 atom stereocenters. The Kier molecular flexibility index (Phi) is 7.25. The zero-order chi connectivity index (χ0) is 22.4. The molecule has 2 aromatic carbocycles. The van der Waals surface area contributed by atoms with Crippen LogP contribution in [0.2, 0.25) is 5.02 Å². The van der Waals surface area contributed by atoms with Crippen LogP contribution in [-0.4, -0.2) is 34.2 Å². The Morgan fingerprint density at radius 3 is 2.45 bits per heavy atom. The van der Waals surface area contributed by atoms with Crippen LogP contribution in [0.5, 0.6) is 11.5 Å². The van der Waals surface area contributed by atoms with Gasteiger partial charge in [0, 0.05) is 11.2 Å². The van der Waals surface area contributed by atoms with E-state index in [0.717, 1.165) is 11.1 Å². The molecule has 0 saturated carbocycles. The molecule has 0 unspecified atom stereocenters. The summed E-state index contributed by atoms with van der Waals surface area (Å²) < 4.78 is 24.2. The maximum absolute atomic E-state index is 12.9. The number of aromatic carboxylic acids is 1. The smallest absolute Gasteiger partial charge is 0.339 e. The first-order valence-corrected chi connectivity index (χ1v) is 9.82. The van der Waals surface area contributed by atoms with Crippen molar-refractivity contribution in [2.24, 2.45) is 0 Å². The van der Waals surface area contributed by atoms with Crippen LogP contribution in [0.4, 0.5) is 10.3 Å². The number of nitrogens with one attached hydrogen (secondary N) is 1.